The van der Waals surface area contributed by atoms with E-state index in [1.807, 2.05) is 28.2 Å². The number of ketones is 1. The minimum atomic E-state index is 0.237. The minimum absolute atomic E-state index is 0.237. The van der Waals surface area contributed by atoms with Gasteiger partial charge in [-0.15, -0.1) is 0 Å². The summed E-state index contributed by atoms with van der Waals surface area (Å²) >= 11 is 3.40. The van der Waals surface area contributed by atoms with Crippen LogP contribution in [0.3, 0.4) is 0 Å². The van der Waals surface area contributed by atoms with Gasteiger partial charge in [0, 0.05) is 34.7 Å². The smallest absolute Gasteiger partial charge is 0.166 e. The lowest BCUT2D eigenvalue weighted by Gasteiger charge is -2.23. The summed E-state index contributed by atoms with van der Waals surface area (Å²) in [6.07, 6.45) is 0.599. The Hall–Kier alpha value is -0.830. The van der Waals surface area contributed by atoms with Gasteiger partial charge in [0.15, 0.2) is 5.78 Å². The number of carbonyl (C=O) groups is 1. The number of rotatable bonds is 0. The predicted octanol–water partition coefficient (Wildman–Crippen LogP) is 2.39. The Kier molecular flexibility index (Phi) is 1.89. The van der Waals surface area contributed by atoms with Crippen LogP contribution >= 0.6 is 16.1 Å². The molecule has 0 saturated heterocycles. The van der Waals surface area contributed by atoms with E-state index < -0.39 is 0 Å². The Balaban J connectivity index is 2.55. The van der Waals surface area contributed by atoms with Crippen molar-refractivity contribution < 1.29 is 4.79 Å². The van der Waals surface area contributed by atoms with E-state index in [0.29, 0.717) is 6.42 Å². The van der Waals surface area contributed by atoms with Gasteiger partial charge in [-0.3, -0.25) is 4.79 Å². The molecule has 0 unspecified atom stereocenters. The van der Waals surface area contributed by atoms with Gasteiger partial charge >= 0.3 is 0 Å². The molecular weight excluding hydrogens is 218 g/mol. The van der Waals surface area contributed by atoms with Crippen molar-refractivity contribution in [1.82, 2.24) is 0 Å². The molecule has 0 atom stereocenters. The Morgan fingerprint density at radius 2 is 2.08 bits per heavy atom. The van der Waals surface area contributed by atoms with Gasteiger partial charge in [0.1, 0.15) is 0 Å². The van der Waals surface area contributed by atoms with Gasteiger partial charge < -0.3 is 3.93 Å². The number of carbonyl (C=O) groups excluding carboxylic acids is 1. The number of nitrogens with zero attached hydrogens (tertiary/aromatic N) is 1. The first kappa shape index (κ1) is 7.80. The summed E-state index contributed by atoms with van der Waals surface area (Å²) in [4.78, 5) is 11.4. The number of hydrogen-bond donors (Lipinski definition) is 0. The molecule has 0 fully saturated rings. The second kappa shape index (κ2) is 2.90. The van der Waals surface area contributed by atoms with Gasteiger partial charge in [0.25, 0.3) is 0 Å². The minimum Gasteiger partial charge on any atom is -0.308 e. The maximum absolute atomic E-state index is 11.4. The van der Waals surface area contributed by atoms with Crippen LogP contribution in [0.2, 0.25) is 0 Å². The summed E-state index contributed by atoms with van der Waals surface area (Å²) in [5.41, 5.74) is 1.80. The van der Waals surface area contributed by atoms with Crippen molar-refractivity contribution in [2.24, 2.45) is 0 Å². The van der Waals surface area contributed by atoms with Gasteiger partial charge in [-0.25, -0.2) is 0 Å². The molecular formula is C9H8BrNO. The van der Waals surface area contributed by atoms with Crippen LogP contribution in [0.5, 0.6) is 0 Å². The highest BCUT2D eigenvalue weighted by Gasteiger charge is 2.20. The zero-order chi connectivity index (χ0) is 8.55. The maximum Gasteiger partial charge on any atom is 0.166 e. The SMILES string of the molecule is O=C1CCN(Br)c2ccccc21. The van der Waals surface area contributed by atoms with E-state index in [2.05, 4.69) is 16.1 Å². The van der Waals surface area contributed by atoms with E-state index in [1.165, 1.54) is 0 Å². The van der Waals surface area contributed by atoms with Gasteiger partial charge in [-0.05, 0) is 12.1 Å². The fourth-order valence-corrected chi connectivity index (χ4v) is 1.86. The Morgan fingerprint density at radius 3 is 2.83 bits per heavy atom. The van der Waals surface area contributed by atoms with Crippen molar-refractivity contribution >= 4 is 27.6 Å². The third-order valence-electron chi connectivity index (χ3n) is 2.00. The molecule has 12 heavy (non-hydrogen) atoms. The van der Waals surface area contributed by atoms with E-state index in [0.717, 1.165) is 17.8 Å². The fraction of sp³-hybridized carbons (Fsp3) is 0.222. The van der Waals surface area contributed by atoms with Crippen molar-refractivity contribution in [2.75, 3.05) is 10.5 Å². The molecule has 0 aromatic heterocycles. The highest BCUT2D eigenvalue weighted by atomic mass is 79.9. The van der Waals surface area contributed by atoms with Crippen LogP contribution in [-0.4, -0.2) is 12.3 Å². The van der Waals surface area contributed by atoms with E-state index in [-0.39, 0.29) is 5.78 Å². The molecule has 1 aromatic carbocycles. The maximum atomic E-state index is 11.4. The van der Waals surface area contributed by atoms with Crippen LogP contribution in [0.1, 0.15) is 16.8 Å². The monoisotopic (exact) mass is 225 g/mol. The van der Waals surface area contributed by atoms with Crippen molar-refractivity contribution in [1.29, 1.82) is 0 Å². The molecule has 0 N–H and O–H groups in total. The average molecular weight is 226 g/mol. The van der Waals surface area contributed by atoms with E-state index in [9.17, 15) is 4.79 Å². The quantitative estimate of drug-likeness (QED) is 0.633. The number of para-hydroxylation sites is 1. The van der Waals surface area contributed by atoms with Gasteiger partial charge in [0.05, 0.1) is 5.69 Å². The van der Waals surface area contributed by atoms with Gasteiger partial charge in [0.2, 0.25) is 0 Å². The first-order chi connectivity index (χ1) is 5.79. The summed E-state index contributed by atoms with van der Waals surface area (Å²) in [6, 6.07) is 7.64. The molecule has 1 aromatic rings. The summed E-state index contributed by atoms with van der Waals surface area (Å²) in [6.45, 7) is 0.760. The molecule has 0 spiro atoms. The van der Waals surface area contributed by atoms with Crippen LogP contribution in [0.4, 0.5) is 5.69 Å². The number of hydrogen-bond acceptors (Lipinski definition) is 2. The Bertz CT molecular complexity index is 324. The molecule has 1 aliphatic heterocycles. The van der Waals surface area contributed by atoms with Crippen molar-refractivity contribution in [3.05, 3.63) is 29.8 Å². The highest BCUT2D eigenvalue weighted by molar-refractivity contribution is 9.10. The predicted molar refractivity (Wildman–Crippen MR) is 51.7 cm³/mol. The molecule has 0 radical (unpaired) electrons. The first-order valence-electron chi connectivity index (χ1n) is 3.84. The molecule has 3 heteroatoms. The molecule has 0 amide bonds. The van der Waals surface area contributed by atoms with Crippen LogP contribution < -0.4 is 3.93 Å². The van der Waals surface area contributed by atoms with Gasteiger partial charge in [-0.1, -0.05) is 12.1 Å². The second-order valence-corrected chi connectivity index (χ2v) is 3.63. The number of benzene rings is 1. The molecule has 0 aliphatic carbocycles. The Morgan fingerprint density at radius 1 is 1.33 bits per heavy atom. The van der Waals surface area contributed by atoms with Crippen molar-refractivity contribution in [2.45, 2.75) is 6.42 Å². The average Bonchev–Trinajstić information content (AvgIpc) is 2.12. The lowest BCUT2D eigenvalue weighted by molar-refractivity contribution is 0.0982. The van der Waals surface area contributed by atoms with Crippen molar-refractivity contribution in [3.8, 4) is 0 Å². The van der Waals surface area contributed by atoms with Crippen LogP contribution in [0, 0.1) is 0 Å². The van der Waals surface area contributed by atoms with Crippen molar-refractivity contribution in [3.63, 3.8) is 0 Å². The molecule has 0 bridgehead atoms. The molecule has 1 aliphatic rings. The third kappa shape index (κ3) is 1.14. The van der Waals surface area contributed by atoms with E-state index in [1.54, 1.807) is 0 Å². The normalized spacial score (nSPS) is 16.1. The van der Waals surface area contributed by atoms with Gasteiger partial charge in [-0.2, -0.15) is 0 Å². The summed E-state index contributed by atoms with van der Waals surface area (Å²) in [5.74, 6) is 0.237. The van der Waals surface area contributed by atoms with Crippen LogP contribution in [0.25, 0.3) is 0 Å². The molecule has 1 heterocycles. The zero-order valence-corrected chi connectivity index (χ0v) is 8.04. The van der Waals surface area contributed by atoms with E-state index in [4.69, 9.17) is 0 Å². The highest BCUT2D eigenvalue weighted by Crippen LogP contribution is 2.28. The largest absolute Gasteiger partial charge is 0.308 e. The zero-order valence-electron chi connectivity index (χ0n) is 6.46. The fourth-order valence-electron chi connectivity index (χ4n) is 1.38. The summed E-state index contributed by atoms with van der Waals surface area (Å²) in [5, 5.41) is 0. The van der Waals surface area contributed by atoms with E-state index >= 15 is 0 Å². The number of anilines is 1. The summed E-state index contributed by atoms with van der Waals surface area (Å²) < 4.78 is 1.93. The summed E-state index contributed by atoms with van der Waals surface area (Å²) in [7, 11) is 0. The number of fused-ring (bicyclic) bond motifs is 1. The molecule has 2 nitrogen and oxygen atoms in total. The molecule has 62 valence electrons. The molecule has 2 rings (SSSR count). The third-order valence-corrected chi connectivity index (χ3v) is 2.74. The number of halogens is 1. The molecule has 0 saturated carbocycles. The lowest BCUT2D eigenvalue weighted by atomic mass is 10.0. The second-order valence-electron chi connectivity index (χ2n) is 2.78. The topological polar surface area (TPSA) is 20.3 Å². The number of Topliss-reactive ketones (excluding diaryl/α,β-unsaturated/α-hetero) is 1. The first-order valence-corrected chi connectivity index (χ1v) is 4.55. The lowest BCUT2D eigenvalue weighted by Crippen LogP contribution is -2.23. The van der Waals surface area contributed by atoms with Crippen LogP contribution in [-0.2, 0) is 0 Å². The van der Waals surface area contributed by atoms with Crippen LogP contribution in [0.15, 0.2) is 24.3 Å². The standard InChI is InChI=1S/C9H8BrNO/c10-11-6-5-9(12)7-3-1-2-4-8(7)11/h1-4H,5-6H2. The Labute approximate surface area is 79.5 Å².